The fourth-order valence-corrected chi connectivity index (χ4v) is 4.15. The van der Waals surface area contributed by atoms with Crippen LogP contribution >= 0.6 is 12.2 Å². The molecule has 30 heavy (non-hydrogen) atoms. The van der Waals surface area contributed by atoms with Gasteiger partial charge in [-0.25, -0.2) is 4.98 Å². The van der Waals surface area contributed by atoms with Crippen molar-refractivity contribution in [1.29, 1.82) is 0 Å². The van der Waals surface area contributed by atoms with E-state index in [-0.39, 0.29) is 0 Å². The highest BCUT2D eigenvalue weighted by Gasteiger charge is 2.27. The minimum Gasteiger partial charge on any atom is -0.496 e. The summed E-state index contributed by atoms with van der Waals surface area (Å²) < 4.78 is 10.2. The third kappa shape index (κ3) is 4.15. The highest BCUT2D eigenvalue weighted by Crippen LogP contribution is 2.28. The van der Waals surface area contributed by atoms with Gasteiger partial charge in [-0.2, -0.15) is 4.68 Å². The molecule has 1 saturated heterocycles. The second-order valence-electron chi connectivity index (χ2n) is 7.35. The van der Waals surface area contributed by atoms with Crippen molar-refractivity contribution >= 4 is 18.0 Å². The molecule has 0 unspecified atom stereocenters. The molecule has 0 atom stereocenters. The van der Waals surface area contributed by atoms with E-state index in [1.165, 1.54) is 10.7 Å². The Labute approximate surface area is 181 Å². The smallest absolute Gasteiger partial charge is 0.274 e. The van der Waals surface area contributed by atoms with Gasteiger partial charge in [0, 0.05) is 12.6 Å². The lowest BCUT2D eigenvalue weighted by Crippen LogP contribution is -3.14. The minimum atomic E-state index is 0.610. The number of hydrogen-bond acceptors (Lipinski definition) is 4. The lowest BCUT2D eigenvalue weighted by molar-refractivity contribution is -0.924. The molecule has 2 aromatic heterocycles. The Hall–Kier alpha value is -2.97. The zero-order valence-corrected chi connectivity index (χ0v) is 18.1. The molecule has 0 radical (unpaired) electrons. The molecule has 0 spiro atoms. The summed E-state index contributed by atoms with van der Waals surface area (Å²) in [7, 11) is 1.68. The van der Waals surface area contributed by atoms with Crippen LogP contribution in [0.25, 0.3) is 11.4 Å². The Morgan fingerprint density at radius 1 is 1.20 bits per heavy atom. The third-order valence-electron chi connectivity index (χ3n) is 5.46. The second-order valence-corrected chi connectivity index (χ2v) is 7.71. The van der Waals surface area contributed by atoms with Crippen molar-refractivity contribution < 1.29 is 14.6 Å². The van der Waals surface area contributed by atoms with E-state index in [9.17, 15) is 0 Å². The standard InChI is InChI=1S/C22H26N6OS/c1-3-12-27-21(18-8-4-5-9-19(18)29-2)24-28(22(27)30)17-25-13-15-26(16-14-25)20-10-6-7-11-23-20/h3-11H,1,12-17H2,2H3/p+2. The first-order valence-corrected chi connectivity index (χ1v) is 10.6. The van der Waals surface area contributed by atoms with Crippen LogP contribution in [0.4, 0.5) is 5.82 Å². The number of nitrogens with zero attached hydrogens (tertiary/aromatic N) is 4. The number of hydrogen-bond donors (Lipinski definition) is 1. The average Bonchev–Trinajstić information content (AvgIpc) is 3.10. The van der Waals surface area contributed by atoms with Crippen molar-refractivity contribution in [2.24, 2.45) is 0 Å². The summed E-state index contributed by atoms with van der Waals surface area (Å²) in [6.07, 6.45) is 3.82. The fourth-order valence-electron chi connectivity index (χ4n) is 3.88. The number of para-hydroxylation sites is 1. The zero-order valence-electron chi connectivity index (χ0n) is 17.3. The molecule has 1 aromatic carbocycles. The van der Waals surface area contributed by atoms with E-state index in [4.69, 9.17) is 22.1 Å². The van der Waals surface area contributed by atoms with Crippen LogP contribution in [0.3, 0.4) is 0 Å². The molecular formula is C22H28N6OS+2. The number of piperazine rings is 1. The van der Waals surface area contributed by atoms with Gasteiger partial charge in [0.05, 0.1) is 18.9 Å². The molecule has 0 aliphatic carbocycles. The van der Waals surface area contributed by atoms with Crippen LogP contribution in [0.2, 0.25) is 0 Å². The van der Waals surface area contributed by atoms with Gasteiger partial charge in [0.15, 0.2) is 12.5 Å². The van der Waals surface area contributed by atoms with E-state index in [1.54, 1.807) is 7.11 Å². The number of methoxy groups -OCH3 is 1. The predicted octanol–water partition coefficient (Wildman–Crippen LogP) is 1.45. The Kier molecular flexibility index (Phi) is 6.25. The molecule has 0 saturated carbocycles. The lowest BCUT2D eigenvalue weighted by atomic mass is 10.2. The highest BCUT2D eigenvalue weighted by molar-refractivity contribution is 7.71. The SMILES string of the molecule is C=CCn1c(-c2ccccc2OC)nn(C[NH+]2CCN(c3cccc[nH+]3)CC2)c1=S. The van der Waals surface area contributed by atoms with Gasteiger partial charge in [0.1, 0.15) is 31.9 Å². The van der Waals surface area contributed by atoms with Crippen molar-refractivity contribution in [2.75, 3.05) is 38.2 Å². The van der Waals surface area contributed by atoms with Crippen LogP contribution < -0.4 is 19.5 Å². The van der Waals surface area contributed by atoms with E-state index in [0.29, 0.717) is 11.3 Å². The van der Waals surface area contributed by atoms with E-state index in [0.717, 1.165) is 50.0 Å². The van der Waals surface area contributed by atoms with Crippen molar-refractivity contribution in [1.82, 2.24) is 14.3 Å². The predicted molar refractivity (Wildman–Crippen MR) is 119 cm³/mol. The molecule has 3 aromatic rings. The number of aromatic amines is 1. The Morgan fingerprint density at radius 2 is 1.97 bits per heavy atom. The summed E-state index contributed by atoms with van der Waals surface area (Å²) in [4.78, 5) is 7.18. The number of nitrogens with one attached hydrogen (secondary N) is 2. The minimum absolute atomic E-state index is 0.610. The van der Waals surface area contributed by atoms with Crippen LogP contribution in [0.1, 0.15) is 0 Å². The van der Waals surface area contributed by atoms with E-state index in [2.05, 4.69) is 28.6 Å². The van der Waals surface area contributed by atoms with Gasteiger partial charge in [-0.3, -0.25) is 9.47 Å². The van der Waals surface area contributed by atoms with E-state index < -0.39 is 0 Å². The largest absolute Gasteiger partial charge is 0.496 e. The Morgan fingerprint density at radius 3 is 2.67 bits per heavy atom. The van der Waals surface area contributed by atoms with Gasteiger partial charge >= 0.3 is 0 Å². The summed E-state index contributed by atoms with van der Waals surface area (Å²) in [5.74, 6) is 2.77. The van der Waals surface area contributed by atoms with Crippen molar-refractivity contribution in [2.45, 2.75) is 13.2 Å². The van der Waals surface area contributed by atoms with Crippen molar-refractivity contribution in [3.63, 3.8) is 0 Å². The first-order chi connectivity index (χ1) is 14.7. The maximum Gasteiger partial charge on any atom is 0.274 e. The van der Waals surface area contributed by atoms with Crippen LogP contribution in [0.15, 0.2) is 61.3 Å². The number of quaternary nitrogens is 1. The molecule has 3 heterocycles. The normalized spacial score (nSPS) is 14.6. The number of allylic oxidation sites excluding steroid dienone is 1. The van der Waals surface area contributed by atoms with Gasteiger partial charge in [0.25, 0.3) is 5.82 Å². The summed E-state index contributed by atoms with van der Waals surface area (Å²) in [6.45, 7) is 9.30. The van der Waals surface area contributed by atoms with Gasteiger partial charge in [-0.05, 0) is 30.4 Å². The number of pyridine rings is 1. The first-order valence-electron chi connectivity index (χ1n) is 10.2. The average molecular weight is 425 g/mol. The van der Waals surface area contributed by atoms with Crippen molar-refractivity contribution in [3.8, 4) is 17.1 Å². The number of aromatic nitrogens is 4. The van der Waals surface area contributed by atoms with E-state index in [1.807, 2.05) is 51.9 Å². The molecule has 7 nitrogen and oxygen atoms in total. The van der Waals surface area contributed by atoms with Crippen LogP contribution in [0, 0.1) is 4.77 Å². The fraction of sp³-hybridized carbons (Fsp3) is 0.318. The molecule has 156 valence electrons. The van der Waals surface area contributed by atoms with Crippen LogP contribution in [-0.2, 0) is 13.2 Å². The van der Waals surface area contributed by atoms with Crippen molar-refractivity contribution in [3.05, 3.63) is 66.1 Å². The molecule has 4 rings (SSSR count). The summed E-state index contributed by atoms with van der Waals surface area (Å²) in [6, 6.07) is 14.1. The summed E-state index contributed by atoms with van der Waals surface area (Å²) >= 11 is 5.77. The molecule has 0 amide bonds. The number of ether oxygens (including phenoxy) is 1. The Bertz CT molecular complexity index is 1050. The Balaban J connectivity index is 1.54. The number of rotatable bonds is 7. The van der Waals surface area contributed by atoms with Gasteiger partial charge in [0.2, 0.25) is 4.77 Å². The maximum atomic E-state index is 5.77. The number of benzene rings is 1. The molecule has 1 aliphatic rings. The van der Waals surface area contributed by atoms with E-state index >= 15 is 0 Å². The monoisotopic (exact) mass is 424 g/mol. The molecule has 1 aliphatic heterocycles. The molecule has 1 fully saturated rings. The molecule has 0 bridgehead atoms. The topological polar surface area (TPSA) is 53.8 Å². The van der Waals surface area contributed by atoms with Crippen LogP contribution in [-0.4, -0.2) is 47.6 Å². The summed E-state index contributed by atoms with van der Waals surface area (Å²) in [5, 5.41) is 4.89. The summed E-state index contributed by atoms with van der Waals surface area (Å²) in [5.41, 5.74) is 0.936. The van der Waals surface area contributed by atoms with Crippen LogP contribution in [0.5, 0.6) is 5.75 Å². The second kappa shape index (κ2) is 9.23. The number of H-pyrrole nitrogens is 1. The molecule has 2 N–H and O–H groups in total. The molecular weight excluding hydrogens is 396 g/mol. The quantitative estimate of drug-likeness (QED) is 0.461. The number of anilines is 1. The third-order valence-corrected chi connectivity index (χ3v) is 5.89. The zero-order chi connectivity index (χ0) is 20.9. The van der Waals surface area contributed by atoms with Gasteiger partial charge in [-0.15, -0.1) is 11.7 Å². The maximum absolute atomic E-state index is 5.77. The van der Waals surface area contributed by atoms with Gasteiger partial charge < -0.3 is 9.64 Å². The molecule has 8 heteroatoms. The lowest BCUT2D eigenvalue weighted by Gasteiger charge is -2.27. The van der Waals surface area contributed by atoms with Gasteiger partial charge in [-0.1, -0.05) is 24.3 Å². The highest BCUT2D eigenvalue weighted by atomic mass is 32.1. The first kappa shape index (κ1) is 20.3.